The number of rotatable bonds is 0. The lowest BCUT2D eigenvalue weighted by molar-refractivity contribution is -0.960. The zero-order valence-corrected chi connectivity index (χ0v) is 25.0. The molecule has 212 valence electrons. The van der Waals surface area contributed by atoms with Crippen LogP contribution >= 0.6 is 0 Å². The Kier molecular flexibility index (Phi) is 3.31. The molecule has 13 rings (SSSR count). The maximum absolute atomic E-state index is 14.5. The Bertz CT molecular complexity index is 2710. The smallest absolute Gasteiger partial charge is 0.310 e. The Morgan fingerprint density at radius 2 is 1.02 bits per heavy atom. The highest BCUT2D eigenvalue weighted by atomic mass is 32.2. The van der Waals surface area contributed by atoms with Crippen molar-refractivity contribution >= 4 is 66.1 Å². The van der Waals surface area contributed by atoms with Gasteiger partial charge in [0.2, 0.25) is 19.7 Å². The SMILES string of the molecule is O=S1(=O)c2cccc3c2B2c4c1ccc1c4C4(c5c(ccc6c5B5c7c(cccc7S6(=O)=O)-c6cnc[n+]4c65)O1)[n+]1cncc-3c12. The van der Waals surface area contributed by atoms with Gasteiger partial charge in [-0.1, -0.05) is 34.2 Å². The normalized spacial score (nSPS) is 19.0. The molecule has 0 atom stereocenters. The number of ether oxygens (including phenoxy) is 1. The number of sulfone groups is 2. The molecule has 46 heavy (non-hydrogen) atoms. The van der Waals surface area contributed by atoms with Gasteiger partial charge in [0, 0.05) is 0 Å². The Morgan fingerprint density at radius 1 is 0.565 bits per heavy atom. The lowest BCUT2D eigenvalue weighted by Gasteiger charge is -2.47. The minimum absolute atomic E-state index is 0.245. The highest BCUT2D eigenvalue weighted by Gasteiger charge is 2.70. The van der Waals surface area contributed by atoms with Crippen LogP contribution in [0.1, 0.15) is 11.1 Å². The van der Waals surface area contributed by atoms with E-state index < -0.39 is 25.3 Å². The van der Waals surface area contributed by atoms with Gasteiger partial charge < -0.3 is 4.74 Å². The number of fused-ring (bicyclic) bond motifs is 2. The van der Waals surface area contributed by atoms with Crippen LogP contribution in [-0.4, -0.2) is 40.2 Å². The van der Waals surface area contributed by atoms with Gasteiger partial charge in [-0.25, -0.2) is 16.8 Å². The molecule has 1 spiro atoms. The van der Waals surface area contributed by atoms with E-state index in [9.17, 15) is 16.8 Å². The number of benzene rings is 4. The van der Waals surface area contributed by atoms with E-state index in [4.69, 9.17) is 14.7 Å². The van der Waals surface area contributed by atoms with Crippen molar-refractivity contribution in [1.82, 2.24) is 9.97 Å². The highest BCUT2D eigenvalue weighted by molar-refractivity contribution is 7.92. The van der Waals surface area contributed by atoms with Crippen molar-refractivity contribution < 1.29 is 30.7 Å². The standard InChI is InChI=1S/C33H14B2N4O5S2/c40-45(41)21-5-1-3-15-17-11-36-13-38-31(17)34(27(15)21)29-23(45)9-7-19-25(29)33(38)26-20(44-19)8-10-24-30(26)35-28-16(4-2-6-22(28)46(24,42)43)18-12-37-14-39(33)32(18)35/h1-14H/q+2. The molecular formula is C33H14B2N4O5S2+2. The Hall–Kier alpha value is -5.13. The second-order valence-corrected chi connectivity index (χ2v) is 16.7. The van der Waals surface area contributed by atoms with Crippen molar-refractivity contribution in [2.24, 2.45) is 0 Å². The van der Waals surface area contributed by atoms with E-state index in [1.807, 2.05) is 24.5 Å². The van der Waals surface area contributed by atoms with Crippen LogP contribution in [0.3, 0.4) is 0 Å². The first-order valence-electron chi connectivity index (χ1n) is 15.0. The molecule has 0 unspecified atom stereocenters. The lowest BCUT2D eigenvalue weighted by atomic mass is 9.34. The summed E-state index contributed by atoms with van der Waals surface area (Å²) in [5.74, 6) is 1.05. The summed E-state index contributed by atoms with van der Waals surface area (Å²) in [6.45, 7) is -0.743. The van der Waals surface area contributed by atoms with Crippen LogP contribution in [0.5, 0.6) is 11.5 Å². The molecule has 9 heterocycles. The number of aromatic nitrogens is 4. The minimum Gasteiger partial charge on any atom is -0.456 e. The summed E-state index contributed by atoms with van der Waals surface area (Å²) in [6.07, 6.45) is 7.24. The fourth-order valence-corrected chi connectivity index (χ4v) is 13.6. The Labute approximate surface area is 261 Å². The lowest BCUT2D eigenvalue weighted by Crippen LogP contribution is -2.93. The van der Waals surface area contributed by atoms with Gasteiger partial charge in [0.05, 0.1) is 53.0 Å². The molecular weight excluding hydrogens is 618 g/mol. The molecule has 0 saturated heterocycles. The van der Waals surface area contributed by atoms with Crippen molar-refractivity contribution in [1.29, 1.82) is 0 Å². The first kappa shape index (κ1) is 23.2. The molecule has 2 aromatic heterocycles. The first-order valence-corrected chi connectivity index (χ1v) is 17.9. The Balaban J connectivity index is 1.34. The van der Waals surface area contributed by atoms with Gasteiger partial charge in [0.25, 0.3) is 26.1 Å². The number of nitrogens with zero attached hydrogens (tertiary/aromatic N) is 4. The predicted octanol–water partition coefficient (Wildman–Crippen LogP) is -1.63. The molecule has 9 nitrogen and oxygen atoms in total. The van der Waals surface area contributed by atoms with Gasteiger partial charge >= 0.3 is 5.66 Å². The van der Waals surface area contributed by atoms with Gasteiger partial charge in [-0.05, 0) is 69.4 Å². The summed E-state index contributed by atoms with van der Waals surface area (Å²) in [4.78, 5) is 10.7. The highest BCUT2D eigenvalue weighted by Crippen LogP contribution is 2.50. The molecule has 0 bridgehead atoms. The van der Waals surface area contributed by atoms with Gasteiger partial charge in [-0.3, -0.25) is 0 Å². The molecule has 0 radical (unpaired) electrons. The average molecular weight is 632 g/mol. The van der Waals surface area contributed by atoms with Crippen molar-refractivity contribution in [3.05, 3.63) is 96.8 Å². The second-order valence-electron chi connectivity index (χ2n) is 12.9. The van der Waals surface area contributed by atoms with Crippen LogP contribution in [0.2, 0.25) is 0 Å². The molecule has 0 N–H and O–H groups in total. The van der Waals surface area contributed by atoms with E-state index in [-0.39, 0.29) is 23.2 Å². The van der Waals surface area contributed by atoms with E-state index in [2.05, 4.69) is 9.13 Å². The predicted molar refractivity (Wildman–Crippen MR) is 164 cm³/mol. The van der Waals surface area contributed by atoms with Gasteiger partial charge in [0.15, 0.2) is 0 Å². The Morgan fingerprint density at radius 3 is 1.50 bits per heavy atom. The van der Waals surface area contributed by atoms with Gasteiger partial charge in [-0.2, -0.15) is 9.13 Å². The van der Waals surface area contributed by atoms with E-state index >= 15 is 0 Å². The summed E-state index contributed by atoms with van der Waals surface area (Å²) >= 11 is 0. The number of hydrogen-bond donors (Lipinski definition) is 0. The molecule has 13 heteroatoms. The van der Waals surface area contributed by atoms with Crippen LogP contribution in [0.4, 0.5) is 0 Å². The molecule has 7 aliphatic rings. The average Bonchev–Trinajstić information content (AvgIpc) is 3.59. The third kappa shape index (κ3) is 1.95. The molecule has 0 fully saturated rings. The molecule has 0 saturated carbocycles. The van der Waals surface area contributed by atoms with E-state index in [1.54, 1.807) is 61.2 Å². The van der Waals surface area contributed by atoms with Gasteiger partial charge in [-0.15, -0.1) is 0 Å². The summed E-state index contributed by atoms with van der Waals surface area (Å²) in [7, 11) is -7.81. The summed E-state index contributed by atoms with van der Waals surface area (Å²) in [6, 6.07) is 17.7. The van der Waals surface area contributed by atoms with E-state index in [0.29, 0.717) is 43.3 Å². The third-order valence-electron chi connectivity index (χ3n) is 11.4. The fraction of sp³-hybridized carbons (Fsp3) is 0.0303. The quantitative estimate of drug-likeness (QED) is 0.146. The van der Waals surface area contributed by atoms with Crippen molar-refractivity contribution in [3.8, 4) is 33.8 Å². The monoisotopic (exact) mass is 632 g/mol. The second kappa shape index (κ2) is 6.55. The van der Waals surface area contributed by atoms with Gasteiger partial charge in [0.1, 0.15) is 23.9 Å². The summed E-state index contributed by atoms with van der Waals surface area (Å²) < 4.78 is 69.0. The molecule has 4 aromatic carbocycles. The van der Waals surface area contributed by atoms with Crippen LogP contribution < -0.4 is 46.9 Å². The fourth-order valence-electron chi connectivity index (χ4n) is 10.0. The molecule has 7 aliphatic heterocycles. The molecule has 6 aromatic rings. The topological polar surface area (TPSA) is 111 Å². The maximum atomic E-state index is 14.5. The minimum atomic E-state index is -3.91. The van der Waals surface area contributed by atoms with Crippen molar-refractivity contribution in [3.63, 3.8) is 0 Å². The summed E-state index contributed by atoms with van der Waals surface area (Å²) in [5.41, 5.74) is 8.17. The van der Waals surface area contributed by atoms with Crippen LogP contribution in [0.15, 0.2) is 105 Å². The van der Waals surface area contributed by atoms with Crippen LogP contribution in [0.25, 0.3) is 22.3 Å². The zero-order valence-electron chi connectivity index (χ0n) is 23.4. The maximum Gasteiger partial charge on any atom is 0.310 e. The zero-order chi connectivity index (χ0) is 30.2. The van der Waals surface area contributed by atoms with Crippen LogP contribution in [0, 0.1) is 0 Å². The largest absolute Gasteiger partial charge is 0.456 e. The van der Waals surface area contributed by atoms with Crippen LogP contribution in [-0.2, 0) is 25.3 Å². The first-order chi connectivity index (χ1) is 22.4. The molecule has 0 aliphatic carbocycles. The van der Waals surface area contributed by atoms with Crippen molar-refractivity contribution in [2.75, 3.05) is 0 Å². The third-order valence-corrected chi connectivity index (χ3v) is 15.1. The summed E-state index contributed by atoms with van der Waals surface area (Å²) in [5, 5.41) is 0. The molecule has 0 amide bonds. The van der Waals surface area contributed by atoms with Crippen molar-refractivity contribution in [2.45, 2.75) is 25.2 Å². The van der Waals surface area contributed by atoms with E-state index in [0.717, 1.165) is 44.4 Å². The number of hydrogen-bond acceptors (Lipinski definition) is 7. The van der Waals surface area contributed by atoms with E-state index in [1.165, 1.54) is 0 Å².